The fraction of sp³-hybridized carbons (Fsp3) is 0.368. The number of nitrogens with one attached hydrogen (secondary N) is 2. The molecule has 0 amide bonds. The van der Waals surface area contributed by atoms with Gasteiger partial charge in [-0.1, -0.05) is 36.4 Å². The second-order valence-corrected chi connectivity index (χ2v) is 11.6. The molecule has 12 heteroatoms. The lowest BCUT2D eigenvalue weighted by atomic mass is 10.1. The summed E-state index contributed by atoms with van der Waals surface area (Å²) in [5.74, 6) is 0.787. The smallest absolute Gasteiger partial charge is 0.341 e. The van der Waals surface area contributed by atoms with Crippen LogP contribution in [0.25, 0.3) is 6.08 Å². The number of phenolic OH excluding ortho intramolecular Hbond substituents is 2. The maximum Gasteiger partial charge on any atom is 0.341 e. The van der Waals surface area contributed by atoms with E-state index < -0.39 is 5.97 Å². The number of carbonyl (C=O) groups is 2. The van der Waals surface area contributed by atoms with E-state index in [0.717, 1.165) is 35.1 Å². The van der Waals surface area contributed by atoms with Crippen LogP contribution in [0.2, 0.25) is 0 Å². The lowest BCUT2D eigenvalue weighted by molar-refractivity contribution is 0.0513. The first-order valence-electron chi connectivity index (χ1n) is 16.6. The normalized spacial score (nSPS) is 10.7. The number of phenols is 2. The average molecular weight is 685 g/mol. The summed E-state index contributed by atoms with van der Waals surface area (Å²) in [5.41, 5.74) is 6.96. The van der Waals surface area contributed by atoms with E-state index >= 15 is 0 Å². The monoisotopic (exact) mass is 684 g/mol. The van der Waals surface area contributed by atoms with Crippen LogP contribution in [0.1, 0.15) is 86.0 Å². The van der Waals surface area contributed by atoms with Crippen molar-refractivity contribution in [1.82, 2.24) is 19.9 Å². The second-order valence-electron chi connectivity index (χ2n) is 11.6. The van der Waals surface area contributed by atoms with Gasteiger partial charge >= 0.3 is 11.9 Å². The van der Waals surface area contributed by atoms with Crippen LogP contribution >= 0.6 is 0 Å². The van der Waals surface area contributed by atoms with Gasteiger partial charge < -0.3 is 30.3 Å². The molecule has 266 valence electrons. The Labute approximate surface area is 294 Å². The van der Waals surface area contributed by atoms with Crippen molar-refractivity contribution in [3.8, 4) is 11.5 Å². The van der Waals surface area contributed by atoms with E-state index in [1.165, 1.54) is 0 Å². The number of ether oxygens (including phenoxy) is 2. The predicted molar refractivity (Wildman–Crippen MR) is 195 cm³/mol. The summed E-state index contributed by atoms with van der Waals surface area (Å²) in [4.78, 5) is 41.1. The topological polar surface area (TPSA) is 169 Å². The first kappa shape index (κ1) is 38.9. The predicted octanol–water partition coefficient (Wildman–Crippen LogP) is 6.74. The SMILES string of the molecule is CCOC(=O)c1c(C)nc(NC/C=C/c2ccc(C)c(O)c2)nc1C.CCOC(=O)c1c(C)nc(NCCCc2ccc(C)c(O)c2)nc1C. The Kier molecular flexibility index (Phi) is 14.7. The van der Waals surface area contributed by atoms with Crippen molar-refractivity contribution in [2.24, 2.45) is 0 Å². The Bertz CT molecular complexity index is 1780. The number of aromatic nitrogens is 4. The van der Waals surface area contributed by atoms with Crippen molar-refractivity contribution in [3.05, 3.63) is 98.6 Å². The number of hydrogen-bond acceptors (Lipinski definition) is 12. The number of aryl methyl sites for hydroxylation is 7. The van der Waals surface area contributed by atoms with Crippen molar-refractivity contribution in [1.29, 1.82) is 0 Å². The third-order valence-corrected chi connectivity index (χ3v) is 7.62. The van der Waals surface area contributed by atoms with E-state index in [1.54, 1.807) is 53.7 Å². The lowest BCUT2D eigenvalue weighted by Gasteiger charge is -2.11. The van der Waals surface area contributed by atoms with Crippen LogP contribution in [0.3, 0.4) is 0 Å². The molecule has 12 nitrogen and oxygen atoms in total. The summed E-state index contributed by atoms with van der Waals surface area (Å²) in [5, 5.41) is 25.7. The van der Waals surface area contributed by atoms with Crippen molar-refractivity contribution >= 4 is 29.9 Å². The third-order valence-electron chi connectivity index (χ3n) is 7.62. The Hall–Kier alpha value is -5.52. The number of hydrogen-bond donors (Lipinski definition) is 4. The van der Waals surface area contributed by atoms with Crippen molar-refractivity contribution in [3.63, 3.8) is 0 Å². The second kappa shape index (κ2) is 18.9. The van der Waals surface area contributed by atoms with E-state index in [9.17, 15) is 19.8 Å². The number of benzene rings is 2. The van der Waals surface area contributed by atoms with E-state index in [0.29, 0.717) is 77.9 Å². The average Bonchev–Trinajstić information content (AvgIpc) is 3.04. The molecule has 0 atom stereocenters. The number of aromatic hydroxyl groups is 2. The van der Waals surface area contributed by atoms with Crippen LogP contribution in [0.5, 0.6) is 11.5 Å². The van der Waals surface area contributed by atoms with Crippen molar-refractivity contribution < 1.29 is 29.3 Å². The van der Waals surface area contributed by atoms with Gasteiger partial charge in [-0.25, -0.2) is 29.5 Å². The Morgan fingerprint density at radius 1 is 0.700 bits per heavy atom. The van der Waals surface area contributed by atoms with Crippen LogP contribution in [-0.2, 0) is 15.9 Å². The summed E-state index contributed by atoms with van der Waals surface area (Å²) in [6.07, 6.45) is 5.54. The van der Waals surface area contributed by atoms with Gasteiger partial charge in [0.1, 0.15) is 22.6 Å². The minimum Gasteiger partial charge on any atom is -0.508 e. The van der Waals surface area contributed by atoms with Gasteiger partial charge in [-0.3, -0.25) is 0 Å². The molecule has 0 aliphatic heterocycles. The Balaban J connectivity index is 0.000000270. The number of nitrogens with zero attached hydrogens (tertiary/aromatic N) is 4. The molecule has 0 radical (unpaired) electrons. The minimum absolute atomic E-state index is 0.277. The quantitative estimate of drug-likeness (QED) is 0.0866. The molecule has 0 saturated heterocycles. The number of esters is 2. The zero-order chi connectivity index (χ0) is 36.8. The van der Waals surface area contributed by atoms with Crippen molar-refractivity contribution in [2.45, 2.75) is 68.2 Å². The number of rotatable bonds is 13. The highest BCUT2D eigenvalue weighted by Gasteiger charge is 2.18. The maximum absolute atomic E-state index is 11.9. The molecule has 4 rings (SSSR count). The molecular weight excluding hydrogens is 636 g/mol. The van der Waals surface area contributed by atoms with Crippen molar-refractivity contribution in [2.75, 3.05) is 36.9 Å². The zero-order valence-electron chi connectivity index (χ0n) is 30.2. The van der Waals surface area contributed by atoms with Gasteiger partial charge in [-0.15, -0.1) is 0 Å². The zero-order valence-corrected chi connectivity index (χ0v) is 30.2. The highest BCUT2D eigenvalue weighted by Crippen LogP contribution is 2.20. The Morgan fingerprint density at radius 2 is 1.18 bits per heavy atom. The van der Waals surface area contributed by atoms with Crippen LogP contribution in [0.4, 0.5) is 11.9 Å². The van der Waals surface area contributed by atoms with E-state index in [-0.39, 0.29) is 11.7 Å². The molecule has 0 aliphatic rings. The molecular formula is C38H48N6O6. The van der Waals surface area contributed by atoms with Gasteiger partial charge in [0, 0.05) is 13.1 Å². The molecule has 0 aliphatic carbocycles. The van der Waals surface area contributed by atoms with Gasteiger partial charge in [0.2, 0.25) is 11.9 Å². The highest BCUT2D eigenvalue weighted by molar-refractivity contribution is 5.92. The van der Waals surface area contributed by atoms with Gasteiger partial charge in [-0.05, 0) is 103 Å². The summed E-state index contributed by atoms with van der Waals surface area (Å²) in [7, 11) is 0. The molecule has 4 aromatic rings. The fourth-order valence-corrected chi connectivity index (χ4v) is 4.97. The van der Waals surface area contributed by atoms with Crippen LogP contribution in [0, 0.1) is 41.5 Å². The number of anilines is 2. The molecule has 0 unspecified atom stereocenters. The molecule has 0 bridgehead atoms. The van der Waals surface area contributed by atoms with Gasteiger partial charge in [-0.2, -0.15) is 0 Å². The van der Waals surface area contributed by atoms with Gasteiger partial charge in [0.25, 0.3) is 0 Å². The molecule has 2 aromatic carbocycles. The fourth-order valence-electron chi connectivity index (χ4n) is 4.97. The van der Waals surface area contributed by atoms with Gasteiger partial charge in [0.15, 0.2) is 0 Å². The van der Waals surface area contributed by atoms with E-state index in [4.69, 9.17) is 9.47 Å². The largest absolute Gasteiger partial charge is 0.508 e. The van der Waals surface area contributed by atoms with Crippen LogP contribution in [0.15, 0.2) is 42.5 Å². The summed E-state index contributed by atoms with van der Waals surface area (Å²) < 4.78 is 10.1. The Morgan fingerprint density at radius 3 is 1.66 bits per heavy atom. The molecule has 0 saturated carbocycles. The molecule has 2 heterocycles. The molecule has 50 heavy (non-hydrogen) atoms. The molecule has 4 N–H and O–H groups in total. The van der Waals surface area contributed by atoms with Crippen LogP contribution in [-0.4, -0.2) is 68.4 Å². The molecule has 0 spiro atoms. The molecule has 2 aromatic heterocycles. The lowest BCUT2D eigenvalue weighted by Crippen LogP contribution is -2.14. The number of carbonyl (C=O) groups excluding carboxylic acids is 2. The summed E-state index contributed by atoms with van der Waals surface area (Å²) in [6, 6.07) is 11.3. The standard InChI is InChI=1S/C19H25N3O3.C19H23N3O3/c2*1-5-25-18(24)17-13(3)21-19(22-14(17)4)20-10-6-7-15-9-8-12(2)16(23)11-15/h8-9,11,23H,5-7,10H2,1-4H3,(H,20,21,22);6-9,11,23H,5,10H2,1-4H3,(H,20,21,22)/b;7-6+. The maximum atomic E-state index is 11.9. The first-order valence-corrected chi connectivity index (χ1v) is 16.6. The van der Waals surface area contributed by atoms with Crippen LogP contribution < -0.4 is 10.6 Å². The summed E-state index contributed by atoms with van der Waals surface area (Å²) >= 11 is 0. The first-order chi connectivity index (χ1) is 23.8. The van der Waals surface area contributed by atoms with E-state index in [1.807, 2.05) is 50.3 Å². The van der Waals surface area contributed by atoms with E-state index in [2.05, 4.69) is 30.6 Å². The van der Waals surface area contributed by atoms with Gasteiger partial charge in [0.05, 0.1) is 36.0 Å². The minimum atomic E-state index is -0.400. The molecule has 0 fully saturated rings. The third kappa shape index (κ3) is 11.3. The summed E-state index contributed by atoms with van der Waals surface area (Å²) in [6.45, 7) is 16.2. The highest BCUT2D eigenvalue weighted by atomic mass is 16.5.